The van der Waals surface area contributed by atoms with Gasteiger partial charge in [-0.05, 0) is 12.5 Å². The molecule has 0 saturated heterocycles. The summed E-state index contributed by atoms with van der Waals surface area (Å²) < 4.78 is 1.55. The molecule has 0 aliphatic carbocycles. The second kappa shape index (κ2) is 3.23. The van der Waals surface area contributed by atoms with Gasteiger partial charge in [-0.25, -0.2) is 9.97 Å². The van der Waals surface area contributed by atoms with E-state index in [1.807, 2.05) is 6.92 Å². The standard InChI is InChI=1S/C9H10N4O2/c1-5-2-13(3-6(14)15)9-7(5)8(10)11-4-12-9/h2,4H,3H2,1H3,(H,14,15)(H2,10,11,12). The summed E-state index contributed by atoms with van der Waals surface area (Å²) in [5, 5.41) is 9.43. The van der Waals surface area contributed by atoms with E-state index >= 15 is 0 Å². The molecule has 6 nitrogen and oxygen atoms in total. The zero-order chi connectivity index (χ0) is 11.0. The minimum absolute atomic E-state index is 0.124. The van der Waals surface area contributed by atoms with Crippen molar-refractivity contribution >= 4 is 22.8 Å². The number of nitrogens with two attached hydrogens (primary N) is 1. The first-order valence-electron chi connectivity index (χ1n) is 4.37. The molecule has 0 aliphatic rings. The summed E-state index contributed by atoms with van der Waals surface area (Å²) in [6.45, 7) is 1.72. The molecule has 0 unspecified atom stereocenters. The molecule has 3 N–H and O–H groups in total. The van der Waals surface area contributed by atoms with Crippen LogP contribution in [0.5, 0.6) is 0 Å². The molecule has 0 bridgehead atoms. The first-order chi connectivity index (χ1) is 7.09. The van der Waals surface area contributed by atoms with Gasteiger partial charge >= 0.3 is 5.97 Å². The van der Waals surface area contributed by atoms with Gasteiger partial charge in [0.05, 0.1) is 5.39 Å². The maximum absolute atomic E-state index is 10.6. The summed E-state index contributed by atoms with van der Waals surface area (Å²) in [7, 11) is 0. The number of carboxylic acid groups (broad SMARTS) is 1. The van der Waals surface area contributed by atoms with Gasteiger partial charge in [0, 0.05) is 6.20 Å². The van der Waals surface area contributed by atoms with E-state index in [2.05, 4.69) is 9.97 Å². The van der Waals surface area contributed by atoms with Gasteiger partial charge in [-0.3, -0.25) is 4.79 Å². The second-order valence-corrected chi connectivity index (χ2v) is 3.29. The number of hydrogen-bond acceptors (Lipinski definition) is 4. The van der Waals surface area contributed by atoms with Gasteiger partial charge < -0.3 is 15.4 Å². The topological polar surface area (TPSA) is 94.0 Å². The second-order valence-electron chi connectivity index (χ2n) is 3.29. The molecule has 0 atom stereocenters. The first kappa shape index (κ1) is 9.45. The summed E-state index contributed by atoms with van der Waals surface area (Å²) in [4.78, 5) is 18.5. The van der Waals surface area contributed by atoms with Crippen molar-refractivity contribution in [3.05, 3.63) is 18.1 Å². The van der Waals surface area contributed by atoms with Crippen molar-refractivity contribution in [1.29, 1.82) is 0 Å². The Kier molecular flexibility index (Phi) is 2.03. The summed E-state index contributed by atoms with van der Waals surface area (Å²) in [6.07, 6.45) is 3.04. The van der Waals surface area contributed by atoms with Gasteiger partial charge in [0.25, 0.3) is 0 Å². The molecule has 2 heterocycles. The lowest BCUT2D eigenvalue weighted by Crippen LogP contribution is -2.08. The Morgan fingerprint density at radius 3 is 3.00 bits per heavy atom. The number of aliphatic carboxylic acids is 1. The van der Waals surface area contributed by atoms with Crippen LogP contribution in [0.2, 0.25) is 0 Å². The number of nitrogen functional groups attached to an aromatic ring is 1. The van der Waals surface area contributed by atoms with E-state index in [1.165, 1.54) is 6.33 Å². The molecule has 15 heavy (non-hydrogen) atoms. The molecular weight excluding hydrogens is 196 g/mol. The number of hydrogen-bond donors (Lipinski definition) is 2. The quantitative estimate of drug-likeness (QED) is 0.742. The van der Waals surface area contributed by atoms with Gasteiger partial charge in [-0.15, -0.1) is 0 Å². The largest absolute Gasteiger partial charge is 0.480 e. The van der Waals surface area contributed by atoms with E-state index in [0.29, 0.717) is 11.5 Å². The number of anilines is 1. The lowest BCUT2D eigenvalue weighted by molar-refractivity contribution is -0.137. The minimum atomic E-state index is -0.913. The van der Waals surface area contributed by atoms with Gasteiger partial charge in [0.15, 0.2) is 0 Å². The lowest BCUT2D eigenvalue weighted by Gasteiger charge is -1.99. The number of aryl methyl sites for hydroxylation is 1. The smallest absolute Gasteiger partial charge is 0.323 e. The predicted octanol–water partition coefficient (Wildman–Crippen LogP) is 0.407. The summed E-state index contributed by atoms with van der Waals surface area (Å²) in [5.74, 6) is -0.536. The molecular formula is C9H10N4O2. The van der Waals surface area contributed by atoms with Crippen LogP contribution in [-0.2, 0) is 11.3 Å². The Morgan fingerprint density at radius 1 is 1.60 bits per heavy atom. The third-order valence-electron chi connectivity index (χ3n) is 2.18. The highest BCUT2D eigenvalue weighted by molar-refractivity contribution is 5.90. The van der Waals surface area contributed by atoms with E-state index < -0.39 is 5.97 Å². The van der Waals surface area contributed by atoms with Crippen molar-refractivity contribution in [1.82, 2.24) is 14.5 Å². The maximum Gasteiger partial charge on any atom is 0.323 e. The Hall–Kier alpha value is -2.11. The third-order valence-corrected chi connectivity index (χ3v) is 2.18. The van der Waals surface area contributed by atoms with Crippen molar-refractivity contribution in [3.8, 4) is 0 Å². The van der Waals surface area contributed by atoms with Crippen LogP contribution < -0.4 is 5.73 Å². The van der Waals surface area contributed by atoms with Crippen molar-refractivity contribution in [2.75, 3.05) is 5.73 Å². The van der Waals surface area contributed by atoms with E-state index in [9.17, 15) is 4.79 Å². The molecule has 0 spiro atoms. The minimum Gasteiger partial charge on any atom is -0.480 e. The number of nitrogens with zero attached hydrogens (tertiary/aromatic N) is 3. The van der Waals surface area contributed by atoms with Gasteiger partial charge in [-0.2, -0.15) is 0 Å². The number of rotatable bonds is 2. The summed E-state index contributed by atoms with van der Waals surface area (Å²) in [5.41, 5.74) is 7.13. The monoisotopic (exact) mass is 206 g/mol. The van der Waals surface area contributed by atoms with Crippen LogP contribution in [0.25, 0.3) is 11.0 Å². The average Bonchev–Trinajstić information content (AvgIpc) is 2.44. The molecule has 2 aromatic heterocycles. The molecule has 78 valence electrons. The first-order valence-corrected chi connectivity index (χ1v) is 4.37. The lowest BCUT2D eigenvalue weighted by atomic mass is 10.2. The molecule has 6 heteroatoms. The summed E-state index contributed by atoms with van der Waals surface area (Å²) in [6, 6.07) is 0. The predicted molar refractivity (Wildman–Crippen MR) is 54.3 cm³/mol. The average molecular weight is 206 g/mol. The van der Waals surface area contributed by atoms with Crippen LogP contribution in [0.4, 0.5) is 5.82 Å². The fourth-order valence-corrected chi connectivity index (χ4v) is 1.61. The maximum atomic E-state index is 10.6. The van der Waals surface area contributed by atoms with Crippen LogP contribution in [0, 0.1) is 6.92 Å². The fourth-order valence-electron chi connectivity index (χ4n) is 1.61. The highest BCUT2D eigenvalue weighted by Crippen LogP contribution is 2.22. The van der Waals surface area contributed by atoms with Gasteiger partial charge in [-0.1, -0.05) is 0 Å². The van der Waals surface area contributed by atoms with Crippen LogP contribution in [0.1, 0.15) is 5.56 Å². The molecule has 0 aromatic carbocycles. The highest BCUT2D eigenvalue weighted by Gasteiger charge is 2.11. The molecule has 0 amide bonds. The van der Waals surface area contributed by atoms with Crippen molar-refractivity contribution in [2.24, 2.45) is 0 Å². The highest BCUT2D eigenvalue weighted by atomic mass is 16.4. The van der Waals surface area contributed by atoms with Gasteiger partial charge in [0.2, 0.25) is 0 Å². The van der Waals surface area contributed by atoms with Crippen molar-refractivity contribution in [2.45, 2.75) is 13.5 Å². The molecule has 2 aromatic rings. The molecule has 0 fully saturated rings. The van der Waals surface area contributed by atoms with E-state index in [0.717, 1.165) is 10.9 Å². The Morgan fingerprint density at radius 2 is 2.33 bits per heavy atom. The molecule has 0 saturated carbocycles. The zero-order valence-electron chi connectivity index (χ0n) is 8.14. The molecule has 0 radical (unpaired) electrons. The van der Waals surface area contributed by atoms with Crippen LogP contribution in [-0.4, -0.2) is 25.6 Å². The SMILES string of the molecule is Cc1cn(CC(=O)O)c2ncnc(N)c12. The fraction of sp³-hybridized carbons (Fsp3) is 0.222. The Balaban J connectivity index is 2.68. The molecule has 0 aliphatic heterocycles. The normalized spacial score (nSPS) is 10.7. The number of aromatic nitrogens is 3. The number of carboxylic acids is 1. The summed E-state index contributed by atoms with van der Waals surface area (Å²) >= 11 is 0. The number of carbonyl (C=O) groups is 1. The third kappa shape index (κ3) is 1.50. The van der Waals surface area contributed by atoms with Crippen molar-refractivity contribution in [3.63, 3.8) is 0 Å². The zero-order valence-corrected chi connectivity index (χ0v) is 8.14. The Labute approximate surface area is 85.4 Å². The van der Waals surface area contributed by atoms with Gasteiger partial charge in [0.1, 0.15) is 24.3 Å². The Bertz CT molecular complexity index is 532. The van der Waals surface area contributed by atoms with Crippen LogP contribution in [0.15, 0.2) is 12.5 Å². The molecule has 2 rings (SSSR count). The van der Waals surface area contributed by atoms with E-state index in [1.54, 1.807) is 10.8 Å². The van der Waals surface area contributed by atoms with Crippen molar-refractivity contribution < 1.29 is 9.90 Å². The van der Waals surface area contributed by atoms with E-state index in [4.69, 9.17) is 10.8 Å². The number of fused-ring (bicyclic) bond motifs is 1. The van der Waals surface area contributed by atoms with Crippen LogP contribution >= 0.6 is 0 Å². The van der Waals surface area contributed by atoms with Crippen LogP contribution in [0.3, 0.4) is 0 Å². The van der Waals surface area contributed by atoms with E-state index in [-0.39, 0.29) is 6.54 Å².